The number of carbonyl (C=O) groups excluding carboxylic acids is 1. The lowest BCUT2D eigenvalue weighted by Gasteiger charge is -2.41. The van der Waals surface area contributed by atoms with Crippen LogP contribution in [-0.4, -0.2) is 23.9 Å². The molecule has 0 aromatic heterocycles. The Balaban J connectivity index is 1.69. The van der Waals surface area contributed by atoms with Crippen LogP contribution in [0, 0.1) is 11.8 Å². The van der Waals surface area contributed by atoms with Crippen molar-refractivity contribution in [1.82, 2.24) is 4.90 Å². The number of hydrogen-bond donors (Lipinski definition) is 0. The quantitative estimate of drug-likeness (QED) is 0.760. The molecule has 0 bridgehead atoms. The third kappa shape index (κ3) is 2.79. The molecule has 3 heteroatoms. The van der Waals surface area contributed by atoms with Crippen LogP contribution in [0.1, 0.15) is 42.5 Å². The molecule has 0 N–H and O–H groups in total. The summed E-state index contributed by atoms with van der Waals surface area (Å²) in [5.74, 6) is 1.77. The van der Waals surface area contributed by atoms with Crippen molar-refractivity contribution >= 4 is 17.5 Å². The van der Waals surface area contributed by atoms with Crippen LogP contribution in [0.2, 0.25) is 5.02 Å². The Labute approximate surface area is 119 Å². The van der Waals surface area contributed by atoms with Crippen molar-refractivity contribution in [3.63, 3.8) is 0 Å². The Hall–Kier alpha value is -1.02. The number of hydrogen-bond acceptors (Lipinski definition) is 1. The van der Waals surface area contributed by atoms with Gasteiger partial charge in [-0.05, 0) is 48.9 Å². The third-order valence-corrected chi connectivity index (χ3v) is 4.92. The second-order valence-electron chi connectivity index (χ2n) is 5.85. The summed E-state index contributed by atoms with van der Waals surface area (Å²) in [5.41, 5.74) is 0.763. The van der Waals surface area contributed by atoms with Gasteiger partial charge in [0, 0.05) is 23.7 Å². The highest BCUT2D eigenvalue weighted by Gasteiger charge is 2.33. The zero-order valence-electron chi connectivity index (χ0n) is 11.1. The summed E-state index contributed by atoms with van der Waals surface area (Å²) in [4.78, 5) is 14.5. The number of benzene rings is 1. The van der Waals surface area contributed by atoms with Gasteiger partial charge in [0.25, 0.3) is 5.91 Å². The standard InChI is InChI=1S/C16H20ClNO/c17-15-7-5-13(6-8-15)16(19)18-10-9-12-3-1-2-4-14(12)11-18/h5-8,12,14H,1-4,9-11H2. The van der Waals surface area contributed by atoms with Gasteiger partial charge < -0.3 is 4.90 Å². The molecule has 2 fully saturated rings. The number of rotatable bonds is 1. The molecule has 1 amide bonds. The molecule has 2 nitrogen and oxygen atoms in total. The first-order valence-corrected chi connectivity index (χ1v) is 7.66. The van der Waals surface area contributed by atoms with Gasteiger partial charge in [0.1, 0.15) is 0 Å². The van der Waals surface area contributed by atoms with Crippen LogP contribution in [0.4, 0.5) is 0 Å². The molecule has 1 aromatic carbocycles. The van der Waals surface area contributed by atoms with Crippen molar-refractivity contribution in [2.24, 2.45) is 11.8 Å². The van der Waals surface area contributed by atoms with Crippen molar-refractivity contribution in [2.75, 3.05) is 13.1 Å². The summed E-state index contributed by atoms with van der Waals surface area (Å²) < 4.78 is 0. The van der Waals surface area contributed by atoms with Crippen molar-refractivity contribution in [2.45, 2.75) is 32.1 Å². The van der Waals surface area contributed by atoms with E-state index >= 15 is 0 Å². The SMILES string of the molecule is O=C(c1ccc(Cl)cc1)N1CCC2CCCCC2C1. The van der Waals surface area contributed by atoms with E-state index in [0.29, 0.717) is 5.02 Å². The van der Waals surface area contributed by atoms with E-state index in [2.05, 4.69) is 0 Å². The zero-order valence-corrected chi connectivity index (χ0v) is 11.9. The van der Waals surface area contributed by atoms with Crippen molar-refractivity contribution in [3.8, 4) is 0 Å². The lowest BCUT2D eigenvalue weighted by atomic mass is 9.75. The molecule has 0 spiro atoms. The molecule has 1 heterocycles. The molecule has 102 valence electrons. The van der Waals surface area contributed by atoms with Gasteiger partial charge in [-0.25, -0.2) is 0 Å². The monoisotopic (exact) mass is 277 g/mol. The highest BCUT2D eigenvalue weighted by molar-refractivity contribution is 6.30. The molecule has 0 radical (unpaired) electrons. The second kappa shape index (κ2) is 5.54. The summed E-state index contributed by atoms with van der Waals surface area (Å²) in [7, 11) is 0. The van der Waals surface area contributed by atoms with Crippen molar-refractivity contribution in [3.05, 3.63) is 34.9 Å². The first-order valence-electron chi connectivity index (χ1n) is 7.29. The van der Waals surface area contributed by atoms with Gasteiger partial charge in [-0.2, -0.15) is 0 Å². The number of piperidine rings is 1. The first-order chi connectivity index (χ1) is 9.24. The van der Waals surface area contributed by atoms with E-state index in [1.807, 2.05) is 17.0 Å². The molecule has 19 heavy (non-hydrogen) atoms. The number of fused-ring (bicyclic) bond motifs is 1. The van der Waals surface area contributed by atoms with Gasteiger partial charge in [0.2, 0.25) is 0 Å². The highest BCUT2D eigenvalue weighted by atomic mass is 35.5. The minimum Gasteiger partial charge on any atom is -0.338 e. The lowest BCUT2D eigenvalue weighted by Crippen LogP contribution is -2.44. The molecule has 1 aliphatic heterocycles. The molecule has 1 saturated carbocycles. The van der Waals surface area contributed by atoms with E-state index in [0.717, 1.165) is 30.5 Å². The average molecular weight is 278 g/mol. The molecule has 2 aliphatic rings. The summed E-state index contributed by atoms with van der Waals surface area (Å²) in [6.45, 7) is 1.87. The first kappa shape index (κ1) is 13.0. The van der Waals surface area contributed by atoms with Crippen LogP contribution in [0.3, 0.4) is 0 Å². The third-order valence-electron chi connectivity index (χ3n) is 4.67. The Bertz CT molecular complexity index is 456. The molecule has 1 saturated heterocycles. The Morgan fingerprint density at radius 3 is 2.47 bits per heavy atom. The highest BCUT2D eigenvalue weighted by Crippen LogP contribution is 2.36. The summed E-state index contributed by atoms with van der Waals surface area (Å²) in [6.07, 6.45) is 6.57. The zero-order chi connectivity index (χ0) is 13.2. The van der Waals surface area contributed by atoms with E-state index in [1.165, 1.54) is 32.1 Å². The predicted octanol–water partition coefficient (Wildman–Crippen LogP) is 3.99. The minimum absolute atomic E-state index is 0.167. The van der Waals surface area contributed by atoms with Crippen molar-refractivity contribution in [1.29, 1.82) is 0 Å². The van der Waals surface area contributed by atoms with E-state index < -0.39 is 0 Å². The fourth-order valence-electron chi connectivity index (χ4n) is 3.56. The van der Waals surface area contributed by atoms with Gasteiger partial charge in [0.15, 0.2) is 0 Å². The summed E-state index contributed by atoms with van der Waals surface area (Å²) in [6, 6.07) is 7.25. The smallest absolute Gasteiger partial charge is 0.253 e. The maximum absolute atomic E-state index is 12.5. The Morgan fingerprint density at radius 1 is 1.05 bits per heavy atom. The fourth-order valence-corrected chi connectivity index (χ4v) is 3.69. The van der Waals surface area contributed by atoms with Gasteiger partial charge in [-0.15, -0.1) is 0 Å². The van der Waals surface area contributed by atoms with E-state index in [1.54, 1.807) is 12.1 Å². The lowest BCUT2D eigenvalue weighted by molar-refractivity contribution is 0.0521. The fraction of sp³-hybridized carbons (Fsp3) is 0.562. The minimum atomic E-state index is 0.167. The van der Waals surface area contributed by atoms with Crippen molar-refractivity contribution < 1.29 is 4.79 Å². The number of amides is 1. The maximum atomic E-state index is 12.5. The van der Waals surface area contributed by atoms with Crippen LogP contribution >= 0.6 is 11.6 Å². The molecular formula is C16H20ClNO. The number of nitrogens with zero attached hydrogens (tertiary/aromatic N) is 1. The van der Waals surface area contributed by atoms with Gasteiger partial charge >= 0.3 is 0 Å². The largest absolute Gasteiger partial charge is 0.338 e. The molecule has 1 aromatic rings. The number of halogens is 1. The molecule has 3 rings (SSSR count). The van der Waals surface area contributed by atoms with E-state index in [9.17, 15) is 4.79 Å². The molecular weight excluding hydrogens is 258 g/mol. The maximum Gasteiger partial charge on any atom is 0.253 e. The van der Waals surface area contributed by atoms with Crippen LogP contribution in [0.15, 0.2) is 24.3 Å². The van der Waals surface area contributed by atoms with E-state index in [4.69, 9.17) is 11.6 Å². The van der Waals surface area contributed by atoms with Gasteiger partial charge in [0.05, 0.1) is 0 Å². The average Bonchev–Trinajstić information content (AvgIpc) is 2.47. The Morgan fingerprint density at radius 2 is 1.74 bits per heavy atom. The topological polar surface area (TPSA) is 20.3 Å². The van der Waals surface area contributed by atoms with Crippen LogP contribution in [0.25, 0.3) is 0 Å². The molecule has 2 unspecified atom stereocenters. The normalized spacial score (nSPS) is 26.9. The second-order valence-corrected chi connectivity index (χ2v) is 6.29. The van der Waals surface area contributed by atoms with Crippen LogP contribution < -0.4 is 0 Å². The summed E-state index contributed by atoms with van der Waals surface area (Å²) in [5, 5.41) is 0.683. The van der Waals surface area contributed by atoms with Crippen LogP contribution in [0.5, 0.6) is 0 Å². The predicted molar refractivity (Wildman–Crippen MR) is 77.4 cm³/mol. The number of likely N-dealkylation sites (tertiary alicyclic amines) is 1. The van der Waals surface area contributed by atoms with E-state index in [-0.39, 0.29) is 5.91 Å². The molecule has 2 atom stereocenters. The van der Waals surface area contributed by atoms with Gasteiger partial charge in [-0.1, -0.05) is 30.9 Å². The van der Waals surface area contributed by atoms with Crippen LogP contribution in [-0.2, 0) is 0 Å². The summed E-state index contributed by atoms with van der Waals surface area (Å²) >= 11 is 5.87. The van der Waals surface area contributed by atoms with Gasteiger partial charge in [-0.3, -0.25) is 4.79 Å². The number of carbonyl (C=O) groups is 1. The molecule has 1 aliphatic carbocycles. The Kier molecular flexibility index (Phi) is 3.79.